The van der Waals surface area contributed by atoms with Crippen molar-refractivity contribution in [1.29, 1.82) is 0 Å². The summed E-state index contributed by atoms with van der Waals surface area (Å²) in [4.78, 5) is 14.0. The second-order valence-corrected chi connectivity index (χ2v) is 7.89. The average molecular weight is 398 g/mol. The van der Waals surface area contributed by atoms with E-state index >= 15 is 0 Å². The first-order valence-corrected chi connectivity index (χ1v) is 10.5. The van der Waals surface area contributed by atoms with E-state index in [0.29, 0.717) is 13.2 Å². The van der Waals surface area contributed by atoms with E-state index in [9.17, 15) is 0 Å². The van der Waals surface area contributed by atoms with Crippen LogP contribution in [0, 0.1) is 0 Å². The summed E-state index contributed by atoms with van der Waals surface area (Å²) in [5, 5.41) is 0. The van der Waals surface area contributed by atoms with E-state index in [0.717, 1.165) is 59.4 Å². The maximum absolute atomic E-state index is 5.98. The lowest BCUT2D eigenvalue weighted by molar-refractivity contribution is -0.0298. The lowest BCUT2D eigenvalue weighted by Crippen LogP contribution is -2.17. The zero-order valence-corrected chi connectivity index (χ0v) is 16.6. The minimum absolute atomic E-state index is 0.00601. The van der Waals surface area contributed by atoms with Crippen LogP contribution in [0.15, 0.2) is 55.1 Å². The van der Waals surface area contributed by atoms with Crippen LogP contribution in [0.2, 0.25) is 0 Å². The van der Waals surface area contributed by atoms with E-state index in [1.807, 2.05) is 12.4 Å². The number of aromatic nitrogens is 4. The Morgan fingerprint density at radius 1 is 0.900 bits per heavy atom. The number of fused-ring (bicyclic) bond motifs is 2. The zero-order valence-electron chi connectivity index (χ0n) is 16.6. The Hall–Kier alpha value is -3.09. The molecular weight excluding hydrogens is 376 g/mol. The molecule has 0 N–H and O–H groups in total. The quantitative estimate of drug-likeness (QED) is 0.492. The largest absolute Gasteiger partial charge is 0.372 e. The molecule has 0 aliphatic carbocycles. The maximum Gasteiger partial charge on any atom is 0.165 e. The fourth-order valence-electron chi connectivity index (χ4n) is 4.48. The topological polar surface area (TPSA) is 62.1 Å². The molecule has 2 aromatic carbocycles. The Labute approximate surface area is 174 Å². The van der Waals surface area contributed by atoms with Gasteiger partial charge in [-0.05, 0) is 53.6 Å². The van der Waals surface area contributed by atoms with Crippen molar-refractivity contribution in [2.75, 3.05) is 6.61 Å². The second-order valence-electron chi connectivity index (χ2n) is 7.89. The summed E-state index contributed by atoms with van der Waals surface area (Å²) in [7, 11) is 0. The third-order valence-electron chi connectivity index (χ3n) is 6.02. The van der Waals surface area contributed by atoms with Gasteiger partial charge in [0.25, 0.3) is 0 Å². The minimum Gasteiger partial charge on any atom is -0.372 e. The van der Waals surface area contributed by atoms with Gasteiger partial charge in [0, 0.05) is 12.2 Å². The van der Waals surface area contributed by atoms with Crippen LogP contribution in [0.25, 0.3) is 33.5 Å². The molecule has 30 heavy (non-hydrogen) atoms. The van der Waals surface area contributed by atoms with E-state index in [4.69, 9.17) is 14.5 Å². The lowest BCUT2D eigenvalue weighted by atomic mass is 9.92. The van der Waals surface area contributed by atoms with Gasteiger partial charge in [-0.1, -0.05) is 30.3 Å². The molecule has 6 heteroatoms. The summed E-state index contributed by atoms with van der Waals surface area (Å²) in [6.07, 6.45) is 6.73. The van der Waals surface area contributed by atoms with Gasteiger partial charge < -0.3 is 9.47 Å². The number of rotatable bonds is 3. The number of nitrogens with zero attached hydrogens (tertiary/aromatic N) is 4. The van der Waals surface area contributed by atoms with Gasteiger partial charge in [0.2, 0.25) is 0 Å². The second kappa shape index (κ2) is 7.31. The van der Waals surface area contributed by atoms with E-state index < -0.39 is 0 Å². The van der Waals surface area contributed by atoms with Crippen molar-refractivity contribution >= 4 is 11.2 Å². The summed E-state index contributed by atoms with van der Waals surface area (Å²) in [6, 6.07) is 14.9. The van der Waals surface area contributed by atoms with E-state index in [2.05, 4.69) is 50.9 Å². The van der Waals surface area contributed by atoms with Crippen LogP contribution in [0.3, 0.4) is 0 Å². The Kier molecular flexibility index (Phi) is 4.32. The molecule has 4 aromatic rings. The lowest BCUT2D eigenvalue weighted by Gasteiger charge is -2.23. The van der Waals surface area contributed by atoms with Crippen LogP contribution >= 0.6 is 0 Å². The molecule has 4 heterocycles. The molecule has 6 nitrogen and oxygen atoms in total. The molecule has 1 fully saturated rings. The van der Waals surface area contributed by atoms with E-state index in [-0.39, 0.29) is 6.23 Å². The van der Waals surface area contributed by atoms with Gasteiger partial charge in [0.15, 0.2) is 5.65 Å². The maximum atomic E-state index is 5.98. The van der Waals surface area contributed by atoms with Gasteiger partial charge in [-0.2, -0.15) is 0 Å². The smallest absolute Gasteiger partial charge is 0.165 e. The van der Waals surface area contributed by atoms with E-state index in [1.54, 1.807) is 6.33 Å². The molecule has 1 saturated heterocycles. The van der Waals surface area contributed by atoms with Crippen molar-refractivity contribution in [3.05, 3.63) is 66.2 Å². The van der Waals surface area contributed by atoms with Crippen molar-refractivity contribution in [3.8, 4) is 22.4 Å². The molecule has 0 amide bonds. The predicted octanol–water partition coefficient (Wildman–Crippen LogP) is 4.89. The zero-order chi connectivity index (χ0) is 19.9. The number of benzene rings is 2. The molecule has 150 valence electrons. The number of hydrogen-bond donors (Lipinski definition) is 0. The Bertz CT molecular complexity index is 1210. The van der Waals surface area contributed by atoms with Crippen LogP contribution in [0.5, 0.6) is 0 Å². The highest BCUT2D eigenvalue weighted by molar-refractivity contribution is 5.94. The predicted molar refractivity (Wildman–Crippen MR) is 114 cm³/mol. The first kappa shape index (κ1) is 17.7. The van der Waals surface area contributed by atoms with Crippen LogP contribution in [0.4, 0.5) is 0 Å². The average Bonchev–Trinajstić information content (AvgIpc) is 3.46. The molecule has 0 radical (unpaired) electrons. The number of hydrogen-bond acceptors (Lipinski definition) is 5. The van der Waals surface area contributed by atoms with Crippen LogP contribution in [-0.4, -0.2) is 26.1 Å². The standard InChI is InChI=1S/C24H22N4O2/c1-2-6-16(7-3-1)19-10-17-12-29-13-18(17)11-20(19)22-23-24(26-14-25-22)28(15-27-23)21-8-4-5-9-30-21/h1-3,6-7,10-11,14-15,21H,4-5,8-9,12-13H2. The molecule has 2 aliphatic heterocycles. The highest BCUT2D eigenvalue weighted by atomic mass is 16.5. The SMILES string of the molecule is c1ccc(-c2cc3c(cc2-c2ncnc4c2ncn4C2CCCCO2)COC3)cc1. The van der Waals surface area contributed by atoms with Crippen molar-refractivity contribution in [1.82, 2.24) is 19.5 Å². The molecule has 0 saturated carbocycles. The highest BCUT2D eigenvalue weighted by Crippen LogP contribution is 2.38. The highest BCUT2D eigenvalue weighted by Gasteiger charge is 2.23. The molecular formula is C24H22N4O2. The molecule has 6 rings (SSSR count). The third-order valence-corrected chi connectivity index (χ3v) is 6.02. The van der Waals surface area contributed by atoms with Crippen LogP contribution in [-0.2, 0) is 22.7 Å². The first-order valence-electron chi connectivity index (χ1n) is 10.5. The van der Waals surface area contributed by atoms with Crippen molar-refractivity contribution in [2.24, 2.45) is 0 Å². The third kappa shape index (κ3) is 2.91. The van der Waals surface area contributed by atoms with Gasteiger partial charge in [0.1, 0.15) is 23.8 Å². The summed E-state index contributed by atoms with van der Waals surface area (Å²) < 4.78 is 13.7. The summed E-state index contributed by atoms with van der Waals surface area (Å²) in [5.41, 5.74) is 8.30. The fraction of sp³-hybridized carbons (Fsp3) is 0.292. The van der Waals surface area contributed by atoms with Crippen LogP contribution < -0.4 is 0 Å². The summed E-state index contributed by atoms with van der Waals surface area (Å²) in [5.74, 6) is 0. The molecule has 1 atom stereocenters. The van der Waals surface area contributed by atoms with Gasteiger partial charge in [0.05, 0.1) is 19.5 Å². The molecule has 2 aromatic heterocycles. The Balaban J connectivity index is 1.55. The van der Waals surface area contributed by atoms with Gasteiger partial charge in [-0.15, -0.1) is 0 Å². The number of ether oxygens (including phenoxy) is 2. The molecule has 0 bridgehead atoms. The van der Waals surface area contributed by atoms with Crippen molar-refractivity contribution in [2.45, 2.75) is 38.7 Å². The fourth-order valence-corrected chi connectivity index (χ4v) is 4.48. The summed E-state index contributed by atoms with van der Waals surface area (Å²) >= 11 is 0. The Morgan fingerprint density at radius 2 is 1.73 bits per heavy atom. The molecule has 0 spiro atoms. The van der Waals surface area contributed by atoms with Gasteiger partial charge >= 0.3 is 0 Å². The van der Waals surface area contributed by atoms with E-state index in [1.165, 1.54) is 11.1 Å². The van der Waals surface area contributed by atoms with Crippen LogP contribution in [0.1, 0.15) is 36.6 Å². The number of imidazole rings is 1. The van der Waals surface area contributed by atoms with Crippen molar-refractivity contribution < 1.29 is 9.47 Å². The normalized spacial score (nSPS) is 18.6. The van der Waals surface area contributed by atoms with Gasteiger partial charge in [-0.3, -0.25) is 4.57 Å². The monoisotopic (exact) mass is 398 g/mol. The van der Waals surface area contributed by atoms with Gasteiger partial charge in [-0.25, -0.2) is 15.0 Å². The molecule has 2 aliphatic rings. The first-order chi connectivity index (χ1) is 14.9. The summed E-state index contributed by atoms with van der Waals surface area (Å²) in [6.45, 7) is 2.07. The molecule has 1 unspecified atom stereocenters. The van der Waals surface area contributed by atoms with Crippen molar-refractivity contribution in [3.63, 3.8) is 0 Å². The Morgan fingerprint density at radius 3 is 2.53 bits per heavy atom. The minimum atomic E-state index is -0.00601.